The topological polar surface area (TPSA) is 55.1 Å². The molecule has 3 heteroatoms. The predicted octanol–water partition coefficient (Wildman–Crippen LogP) is 3.14. The number of hydrogen-bond donors (Lipinski definition) is 2. The number of carbonyl (C=O) groups is 1. The van der Waals surface area contributed by atoms with Crippen LogP contribution in [0.5, 0.6) is 0 Å². The molecule has 108 valence electrons. The minimum Gasteiger partial charge on any atom is -0.338 e. The van der Waals surface area contributed by atoms with Gasteiger partial charge in [-0.05, 0) is 37.5 Å². The van der Waals surface area contributed by atoms with E-state index in [4.69, 9.17) is 5.73 Å². The predicted molar refractivity (Wildman–Crippen MR) is 78.0 cm³/mol. The summed E-state index contributed by atoms with van der Waals surface area (Å²) in [6.07, 6.45) is 1.71. The van der Waals surface area contributed by atoms with Gasteiger partial charge in [-0.25, -0.2) is 0 Å². The standard InChI is InChI=1S/C15H32N2O/c1-10(2)8-13(12(5)6)14(18)17-15(7,16)9-11(3)4/h10-13H,8-9,16H2,1-7H3,(H,17,18). The molecule has 0 heterocycles. The molecule has 0 fully saturated rings. The molecule has 0 aromatic rings. The van der Waals surface area contributed by atoms with Crippen LogP contribution in [0.2, 0.25) is 0 Å². The summed E-state index contributed by atoms with van der Waals surface area (Å²) >= 11 is 0. The molecule has 0 saturated heterocycles. The highest BCUT2D eigenvalue weighted by Crippen LogP contribution is 2.22. The van der Waals surface area contributed by atoms with Crippen molar-refractivity contribution in [2.75, 3.05) is 0 Å². The lowest BCUT2D eigenvalue weighted by Crippen LogP contribution is -2.56. The van der Waals surface area contributed by atoms with Gasteiger partial charge in [0.05, 0.1) is 5.66 Å². The Hall–Kier alpha value is -0.570. The molecule has 2 atom stereocenters. The third kappa shape index (κ3) is 7.00. The van der Waals surface area contributed by atoms with Crippen LogP contribution in [0.25, 0.3) is 0 Å². The molecule has 3 nitrogen and oxygen atoms in total. The first-order chi connectivity index (χ1) is 8.05. The van der Waals surface area contributed by atoms with Crippen molar-refractivity contribution in [3.63, 3.8) is 0 Å². The maximum absolute atomic E-state index is 12.3. The first kappa shape index (κ1) is 17.4. The minimum absolute atomic E-state index is 0.0556. The van der Waals surface area contributed by atoms with E-state index in [9.17, 15) is 4.79 Å². The van der Waals surface area contributed by atoms with Gasteiger partial charge < -0.3 is 11.1 Å². The molecule has 0 saturated carbocycles. The lowest BCUT2D eigenvalue weighted by atomic mass is 9.86. The first-order valence-corrected chi connectivity index (χ1v) is 7.16. The number of rotatable bonds is 7. The molecule has 18 heavy (non-hydrogen) atoms. The number of hydrogen-bond acceptors (Lipinski definition) is 2. The normalized spacial score (nSPS) is 17.1. The van der Waals surface area contributed by atoms with Gasteiger partial charge in [0.2, 0.25) is 5.91 Å². The van der Waals surface area contributed by atoms with Crippen molar-refractivity contribution in [3.05, 3.63) is 0 Å². The minimum atomic E-state index is -0.602. The molecule has 1 amide bonds. The Balaban J connectivity index is 4.59. The molecule has 3 N–H and O–H groups in total. The van der Waals surface area contributed by atoms with E-state index >= 15 is 0 Å². The Kier molecular flexibility index (Phi) is 6.90. The fourth-order valence-electron chi connectivity index (χ4n) is 2.46. The van der Waals surface area contributed by atoms with Crippen LogP contribution in [0.15, 0.2) is 0 Å². The Morgan fingerprint density at radius 3 is 1.94 bits per heavy atom. The van der Waals surface area contributed by atoms with Crippen LogP contribution >= 0.6 is 0 Å². The van der Waals surface area contributed by atoms with Crippen LogP contribution in [-0.2, 0) is 4.79 Å². The monoisotopic (exact) mass is 256 g/mol. The average Bonchev–Trinajstić information content (AvgIpc) is 2.09. The van der Waals surface area contributed by atoms with E-state index in [1.807, 2.05) is 6.92 Å². The zero-order chi connectivity index (χ0) is 14.5. The maximum atomic E-state index is 12.3. The van der Waals surface area contributed by atoms with E-state index in [2.05, 4.69) is 46.9 Å². The van der Waals surface area contributed by atoms with Gasteiger partial charge in [0, 0.05) is 5.92 Å². The van der Waals surface area contributed by atoms with E-state index in [0.717, 1.165) is 12.8 Å². The quantitative estimate of drug-likeness (QED) is 0.688. The van der Waals surface area contributed by atoms with E-state index in [1.165, 1.54) is 0 Å². The van der Waals surface area contributed by atoms with Crippen molar-refractivity contribution in [1.82, 2.24) is 5.32 Å². The van der Waals surface area contributed by atoms with Gasteiger partial charge in [-0.1, -0.05) is 41.5 Å². The molecule has 0 radical (unpaired) electrons. The van der Waals surface area contributed by atoms with Gasteiger partial charge >= 0.3 is 0 Å². The zero-order valence-electron chi connectivity index (χ0n) is 13.2. The molecule has 0 bridgehead atoms. The van der Waals surface area contributed by atoms with Gasteiger partial charge in [-0.15, -0.1) is 0 Å². The molecule has 0 aromatic heterocycles. The van der Waals surface area contributed by atoms with Gasteiger partial charge in [0.25, 0.3) is 0 Å². The third-order valence-corrected chi connectivity index (χ3v) is 3.11. The summed E-state index contributed by atoms with van der Waals surface area (Å²) < 4.78 is 0. The van der Waals surface area contributed by atoms with Crippen molar-refractivity contribution in [2.45, 2.75) is 67.0 Å². The van der Waals surface area contributed by atoms with Crippen molar-refractivity contribution < 1.29 is 4.79 Å². The van der Waals surface area contributed by atoms with Crippen molar-refractivity contribution >= 4 is 5.91 Å². The number of amides is 1. The fourth-order valence-corrected chi connectivity index (χ4v) is 2.46. The highest BCUT2D eigenvalue weighted by atomic mass is 16.2. The fraction of sp³-hybridized carbons (Fsp3) is 0.933. The van der Waals surface area contributed by atoms with Crippen LogP contribution in [0, 0.1) is 23.7 Å². The van der Waals surface area contributed by atoms with Gasteiger partial charge in [-0.3, -0.25) is 4.79 Å². The molecule has 0 aliphatic heterocycles. The zero-order valence-corrected chi connectivity index (χ0v) is 13.2. The van der Waals surface area contributed by atoms with E-state index < -0.39 is 5.66 Å². The van der Waals surface area contributed by atoms with Crippen molar-refractivity contribution in [3.8, 4) is 0 Å². The summed E-state index contributed by atoms with van der Waals surface area (Å²) in [5.74, 6) is 1.51. The molecule has 0 aliphatic carbocycles. The number of carbonyl (C=O) groups excluding carboxylic acids is 1. The highest BCUT2D eigenvalue weighted by Gasteiger charge is 2.29. The molecule has 0 aliphatic rings. The van der Waals surface area contributed by atoms with Crippen LogP contribution in [0.1, 0.15) is 61.3 Å². The second-order valence-corrected chi connectivity index (χ2v) is 6.98. The van der Waals surface area contributed by atoms with Crippen LogP contribution in [-0.4, -0.2) is 11.6 Å². The van der Waals surface area contributed by atoms with Gasteiger partial charge in [0.1, 0.15) is 0 Å². The maximum Gasteiger partial charge on any atom is 0.224 e. The van der Waals surface area contributed by atoms with E-state index in [0.29, 0.717) is 17.8 Å². The second kappa shape index (κ2) is 7.13. The van der Waals surface area contributed by atoms with E-state index in [-0.39, 0.29) is 11.8 Å². The van der Waals surface area contributed by atoms with Crippen LogP contribution < -0.4 is 11.1 Å². The lowest BCUT2D eigenvalue weighted by molar-refractivity contribution is -0.128. The summed E-state index contributed by atoms with van der Waals surface area (Å²) in [6, 6.07) is 0. The second-order valence-electron chi connectivity index (χ2n) is 6.98. The smallest absolute Gasteiger partial charge is 0.224 e. The summed E-state index contributed by atoms with van der Waals surface area (Å²) in [5, 5.41) is 3.01. The molecule has 0 rings (SSSR count). The molecule has 0 aromatic carbocycles. The summed E-state index contributed by atoms with van der Waals surface area (Å²) in [5.41, 5.74) is 5.55. The SMILES string of the molecule is CC(C)CC(C(=O)NC(C)(N)CC(C)C)C(C)C. The van der Waals surface area contributed by atoms with E-state index in [1.54, 1.807) is 0 Å². The number of nitrogens with one attached hydrogen (secondary N) is 1. The molecule has 0 spiro atoms. The van der Waals surface area contributed by atoms with Crippen LogP contribution in [0.4, 0.5) is 0 Å². The molecular formula is C15H32N2O. The number of nitrogens with two attached hydrogens (primary N) is 1. The van der Waals surface area contributed by atoms with Gasteiger partial charge in [0.15, 0.2) is 0 Å². The molecule has 2 unspecified atom stereocenters. The Morgan fingerprint density at radius 2 is 1.61 bits per heavy atom. The largest absolute Gasteiger partial charge is 0.338 e. The summed E-state index contributed by atoms with van der Waals surface area (Å²) in [7, 11) is 0. The van der Waals surface area contributed by atoms with Crippen molar-refractivity contribution in [1.29, 1.82) is 0 Å². The Bertz CT molecular complexity index is 257. The van der Waals surface area contributed by atoms with Crippen LogP contribution in [0.3, 0.4) is 0 Å². The van der Waals surface area contributed by atoms with Crippen molar-refractivity contribution in [2.24, 2.45) is 29.4 Å². The Morgan fingerprint density at radius 1 is 1.11 bits per heavy atom. The first-order valence-electron chi connectivity index (χ1n) is 7.16. The lowest BCUT2D eigenvalue weighted by Gasteiger charge is -2.31. The average molecular weight is 256 g/mol. The highest BCUT2D eigenvalue weighted by molar-refractivity contribution is 5.79. The molecular weight excluding hydrogens is 224 g/mol. The Labute approximate surface area is 113 Å². The third-order valence-electron chi connectivity index (χ3n) is 3.11. The summed E-state index contributed by atoms with van der Waals surface area (Å²) in [4.78, 5) is 12.3. The van der Waals surface area contributed by atoms with Gasteiger partial charge in [-0.2, -0.15) is 0 Å². The summed E-state index contributed by atoms with van der Waals surface area (Å²) in [6.45, 7) is 14.6.